The molecule has 0 N–H and O–H groups in total. The van der Waals surface area contributed by atoms with Gasteiger partial charge in [-0.15, -0.1) is 0 Å². The molecule has 20 heavy (non-hydrogen) atoms. The van der Waals surface area contributed by atoms with E-state index in [1.165, 1.54) is 0 Å². The van der Waals surface area contributed by atoms with Crippen LogP contribution >= 0.6 is 0 Å². The van der Waals surface area contributed by atoms with Crippen LogP contribution in [0.2, 0.25) is 0 Å². The van der Waals surface area contributed by atoms with Crippen molar-refractivity contribution >= 4 is 5.78 Å². The van der Waals surface area contributed by atoms with Gasteiger partial charge in [0, 0.05) is 6.61 Å². The Balaban J connectivity index is 2.51. The molecule has 1 aromatic rings. The van der Waals surface area contributed by atoms with Gasteiger partial charge < -0.3 is 4.74 Å². The molecule has 4 nitrogen and oxygen atoms in total. The molecule has 0 spiro atoms. The number of rotatable bonds is 4. The Morgan fingerprint density at radius 3 is 2.55 bits per heavy atom. The lowest BCUT2D eigenvalue weighted by Crippen LogP contribution is -2.25. The highest BCUT2D eigenvalue weighted by Crippen LogP contribution is 2.30. The van der Waals surface area contributed by atoms with Gasteiger partial charge >= 0.3 is 6.18 Å². The fraction of sp³-hybridized carbons (Fsp3) is 0.692. The van der Waals surface area contributed by atoms with E-state index in [2.05, 4.69) is 5.10 Å². The topological polar surface area (TPSA) is 44.1 Å². The first kappa shape index (κ1) is 15.0. The average molecular weight is 290 g/mol. The second-order valence-corrected chi connectivity index (χ2v) is 4.76. The monoisotopic (exact) mass is 290 g/mol. The Labute approximate surface area is 114 Å². The summed E-state index contributed by atoms with van der Waals surface area (Å²) in [6.45, 7) is 4.43. The molecule has 2 heterocycles. The predicted octanol–water partition coefficient (Wildman–Crippen LogP) is 2.71. The third kappa shape index (κ3) is 2.59. The first-order valence-electron chi connectivity index (χ1n) is 6.69. The van der Waals surface area contributed by atoms with E-state index < -0.39 is 12.0 Å². The Morgan fingerprint density at radius 2 is 2.10 bits per heavy atom. The van der Waals surface area contributed by atoms with E-state index in [4.69, 9.17) is 4.74 Å². The molecule has 1 atom stereocenters. The lowest BCUT2D eigenvalue weighted by atomic mass is 10.0. The Kier molecular flexibility index (Phi) is 4.17. The molecule has 0 saturated carbocycles. The van der Waals surface area contributed by atoms with Crippen LogP contribution < -0.4 is 0 Å². The average Bonchev–Trinajstić information content (AvgIpc) is 3.02. The zero-order chi connectivity index (χ0) is 14.9. The van der Waals surface area contributed by atoms with E-state index in [1.807, 2.05) is 0 Å². The molecule has 1 aromatic heterocycles. The number of aromatic nitrogens is 2. The minimum atomic E-state index is -4.87. The predicted molar refractivity (Wildman–Crippen MR) is 65.8 cm³/mol. The van der Waals surface area contributed by atoms with Crippen LogP contribution in [0, 0.1) is 0 Å². The van der Waals surface area contributed by atoms with Crippen molar-refractivity contribution in [3.8, 4) is 0 Å². The van der Waals surface area contributed by atoms with Crippen molar-refractivity contribution in [2.75, 3.05) is 13.2 Å². The van der Waals surface area contributed by atoms with Gasteiger partial charge in [0.15, 0.2) is 0 Å². The van der Waals surface area contributed by atoms with E-state index >= 15 is 0 Å². The van der Waals surface area contributed by atoms with Gasteiger partial charge in [0.25, 0.3) is 5.78 Å². The third-order valence-electron chi connectivity index (χ3n) is 3.49. The van der Waals surface area contributed by atoms with Gasteiger partial charge in [0.05, 0.1) is 29.6 Å². The van der Waals surface area contributed by atoms with Crippen LogP contribution in [-0.4, -0.2) is 35.0 Å². The van der Waals surface area contributed by atoms with Gasteiger partial charge in [-0.3, -0.25) is 9.48 Å². The van der Waals surface area contributed by atoms with E-state index in [-0.39, 0.29) is 17.3 Å². The molecule has 0 aliphatic carbocycles. The molecular weight excluding hydrogens is 273 g/mol. The first-order chi connectivity index (χ1) is 9.40. The molecule has 0 aromatic carbocycles. The number of alkyl halides is 3. The highest BCUT2D eigenvalue weighted by atomic mass is 19.4. The van der Waals surface area contributed by atoms with Gasteiger partial charge in [-0.2, -0.15) is 18.3 Å². The van der Waals surface area contributed by atoms with Crippen LogP contribution in [0.15, 0.2) is 0 Å². The molecule has 0 amide bonds. The summed E-state index contributed by atoms with van der Waals surface area (Å²) in [6.07, 6.45) is -3.53. The molecule has 0 bridgehead atoms. The van der Waals surface area contributed by atoms with Gasteiger partial charge in [0.2, 0.25) is 0 Å². The number of aryl methyl sites for hydroxylation is 1. The van der Waals surface area contributed by atoms with Crippen LogP contribution in [0.5, 0.6) is 0 Å². The summed E-state index contributed by atoms with van der Waals surface area (Å²) in [5, 5.41) is 4.23. The SMILES string of the molecule is CCc1nn(C2CCOC2)c(CC)c1C(=O)C(F)(F)F. The minimum absolute atomic E-state index is 0.0787. The normalized spacial score (nSPS) is 19.6. The quantitative estimate of drug-likeness (QED) is 0.801. The van der Waals surface area contributed by atoms with E-state index in [1.54, 1.807) is 18.5 Å². The van der Waals surface area contributed by atoms with E-state index in [0.29, 0.717) is 38.2 Å². The van der Waals surface area contributed by atoms with Crippen molar-refractivity contribution in [1.82, 2.24) is 9.78 Å². The maximum absolute atomic E-state index is 12.7. The smallest absolute Gasteiger partial charge is 0.379 e. The Hall–Kier alpha value is -1.37. The van der Waals surface area contributed by atoms with E-state index in [0.717, 1.165) is 0 Å². The summed E-state index contributed by atoms with van der Waals surface area (Å²) >= 11 is 0. The number of halogens is 3. The van der Waals surface area contributed by atoms with Gasteiger partial charge in [0.1, 0.15) is 0 Å². The van der Waals surface area contributed by atoms with Crippen molar-refractivity contribution in [1.29, 1.82) is 0 Å². The molecule has 0 radical (unpaired) electrons. The first-order valence-corrected chi connectivity index (χ1v) is 6.69. The van der Waals surface area contributed by atoms with Crippen LogP contribution in [0.4, 0.5) is 13.2 Å². The molecular formula is C13H17F3N2O2. The standard InChI is InChI=1S/C13H17F3N2O2/c1-3-9-11(12(19)13(14,15)16)10(4-2)18(17-9)8-5-6-20-7-8/h8H,3-7H2,1-2H3. The van der Waals surface area contributed by atoms with Gasteiger partial charge in [-0.05, 0) is 19.3 Å². The maximum atomic E-state index is 12.7. The number of nitrogens with zero attached hydrogens (tertiary/aromatic N) is 2. The summed E-state index contributed by atoms with van der Waals surface area (Å²) < 4.78 is 45.0. The fourth-order valence-electron chi connectivity index (χ4n) is 2.53. The summed E-state index contributed by atoms with van der Waals surface area (Å²) in [4.78, 5) is 11.6. The second-order valence-electron chi connectivity index (χ2n) is 4.76. The number of carbonyl (C=O) groups excluding carboxylic acids is 1. The fourth-order valence-corrected chi connectivity index (χ4v) is 2.53. The van der Waals surface area contributed by atoms with Gasteiger partial charge in [-0.25, -0.2) is 0 Å². The van der Waals surface area contributed by atoms with Crippen LogP contribution in [0.25, 0.3) is 0 Å². The molecule has 1 fully saturated rings. The summed E-state index contributed by atoms with van der Waals surface area (Å²) in [6, 6.07) is -0.0787. The highest BCUT2D eigenvalue weighted by Gasteiger charge is 2.43. The zero-order valence-corrected chi connectivity index (χ0v) is 11.5. The molecule has 1 aliphatic rings. The zero-order valence-electron chi connectivity index (χ0n) is 11.5. The van der Waals surface area contributed by atoms with Crippen molar-refractivity contribution in [3.63, 3.8) is 0 Å². The lowest BCUT2D eigenvalue weighted by Gasteiger charge is -2.13. The molecule has 7 heteroatoms. The minimum Gasteiger partial charge on any atom is -0.379 e. The number of hydrogen-bond acceptors (Lipinski definition) is 3. The van der Waals surface area contributed by atoms with Crippen LogP contribution in [-0.2, 0) is 17.6 Å². The number of ether oxygens (including phenoxy) is 1. The lowest BCUT2D eigenvalue weighted by molar-refractivity contribution is -0.0886. The highest BCUT2D eigenvalue weighted by molar-refractivity contribution is 6.02. The number of ketones is 1. The molecule has 1 aliphatic heterocycles. The number of carbonyl (C=O) groups is 1. The Bertz CT molecular complexity index is 502. The largest absolute Gasteiger partial charge is 0.455 e. The summed E-state index contributed by atoms with van der Waals surface area (Å²) in [7, 11) is 0. The van der Waals surface area contributed by atoms with Gasteiger partial charge in [-0.1, -0.05) is 13.8 Å². The molecule has 1 unspecified atom stereocenters. The van der Waals surface area contributed by atoms with Crippen LogP contribution in [0.1, 0.15) is 48.1 Å². The summed E-state index contributed by atoms with van der Waals surface area (Å²) in [5.41, 5.74) is 0.310. The van der Waals surface area contributed by atoms with Crippen molar-refractivity contribution < 1.29 is 22.7 Å². The second kappa shape index (κ2) is 5.55. The summed E-state index contributed by atoms with van der Waals surface area (Å²) in [5.74, 6) is -1.80. The Morgan fingerprint density at radius 1 is 1.40 bits per heavy atom. The molecule has 1 saturated heterocycles. The number of hydrogen-bond donors (Lipinski definition) is 0. The van der Waals surface area contributed by atoms with Crippen molar-refractivity contribution in [3.05, 3.63) is 17.0 Å². The molecule has 2 rings (SSSR count). The van der Waals surface area contributed by atoms with Crippen molar-refractivity contribution in [2.45, 2.75) is 45.3 Å². The van der Waals surface area contributed by atoms with Crippen molar-refractivity contribution in [2.24, 2.45) is 0 Å². The van der Waals surface area contributed by atoms with Crippen LogP contribution in [0.3, 0.4) is 0 Å². The molecule has 112 valence electrons. The van der Waals surface area contributed by atoms with E-state index in [9.17, 15) is 18.0 Å². The number of Topliss-reactive ketones (excluding diaryl/α,β-unsaturated/α-hetero) is 1. The third-order valence-corrected chi connectivity index (χ3v) is 3.49. The maximum Gasteiger partial charge on any atom is 0.455 e.